The van der Waals surface area contributed by atoms with Gasteiger partial charge >= 0.3 is 6.09 Å². The second kappa shape index (κ2) is 5.96. The van der Waals surface area contributed by atoms with Gasteiger partial charge in [-0.1, -0.05) is 0 Å². The maximum atomic E-state index is 12.4. The maximum Gasteiger partial charge on any atom is 0.410 e. The standard InChI is InChI=1S/C17H25N5O2/c1-11-8-22(15-13(11)14(18)19-10-20-15)12-6-5-7-21(9-12)16(23)24-17(2,3)4/h8,10,12H,5-7,9H2,1-4H3,(H2,18,19,20). The first-order chi connectivity index (χ1) is 11.3. The largest absolute Gasteiger partial charge is 0.444 e. The third-order valence-electron chi connectivity index (χ3n) is 4.27. The molecule has 0 saturated carbocycles. The summed E-state index contributed by atoms with van der Waals surface area (Å²) in [6.07, 6.45) is 5.21. The van der Waals surface area contributed by atoms with Crippen LogP contribution in [0.4, 0.5) is 10.6 Å². The summed E-state index contributed by atoms with van der Waals surface area (Å²) in [5.74, 6) is 0.496. The van der Waals surface area contributed by atoms with Crippen molar-refractivity contribution in [3.63, 3.8) is 0 Å². The van der Waals surface area contributed by atoms with Crippen molar-refractivity contribution in [3.05, 3.63) is 18.1 Å². The first-order valence-electron chi connectivity index (χ1n) is 8.32. The molecule has 0 aliphatic carbocycles. The van der Waals surface area contributed by atoms with Crippen LogP contribution in [0.1, 0.15) is 45.2 Å². The van der Waals surface area contributed by atoms with Gasteiger partial charge in [0.15, 0.2) is 0 Å². The van der Waals surface area contributed by atoms with E-state index in [1.54, 1.807) is 4.90 Å². The fourth-order valence-corrected chi connectivity index (χ4v) is 3.25. The van der Waals surface area contributed by atoms with E-state index in [9.17, 15) is 4.79 Å². The number of ether oxygens (including phenoxy) is 1. The third-order valence-corrected chi connectivity index (χ3v) is 4.27. The molecule has 0 aromatic carbocycles. The van der Waals surface area contributed by atoms with E-state index in [1.165, 1.54) is 6.33 Å². The molecule has 0 radical (unpaired) electrons. The van der Waals surface area contributed by atoms with Crippen LogP contribution in [0.5, 0.6) is 0 Å². The van der Waals surface area contributed by atoms with Gasteiger partial charge in [-0.2, -0.15) is 0 Å². The van der Waals surface area contributed by atoms with Crippen molar-refractivity contribution in [2.24, 2.45) is 0 Å². The number of nitrogens with two attached hydrogens (primary N) is 1. The predicted octanol–water partition coefficient (Wildman–Crippen LogP) is 2.89. The van der Waals surface area contributed by atoms with Crippen LogP contribution < -0.4 is 5.73 Å². The Labute approximate surface area is 141 Å². The van der Waals surface area contributed by atoms with Crippen LogP contribution in [0.15, 0.2) is 12.5 Å². The van der Waals surface area contributed by atoms with Gasteiger partial charge in [-0.25, -0.2) is 14.8 Å². The Kier molecular flexibility index (Phi) is 4.11. The summed E-state index contributed by atoms with van der Waals surface area (Å²) in [5.41, 5.74) is 7.40. The normalized spacial score (nSPS) is 18.8. The highest BCUT2D eigenvalue weighted by molar-refractivity contribution is 5.89. The minimum atomic E-state index is -0.484. The lowest BCUT2D eigenvalue weighted by Gasteiger charge is -2.34. The summed E-state index contributed by atoms with van der Waals surface area (Å²) in [7, 11) is 0. The topological polar surface area (TPSA) is 86.3 Å². The minimum Gasteiger partial charge on any atom is -0.444 e. The van der Waals surface area contributed by atoms with Crippen LogP contribution >= 0.6 is 0 Å². The van der Waals surface area contributed by atoms with Gasteiger partial charge < -0.3 is 19.9 Å². The molecule has 2 N–H and O–H groups in total. The molecule has 2 aromatic rings. The second-order valence-corrected chi connectivity index (χ2v) is 7.40. The summed E-state index contributed by atoms with van der Waals surface area (Å²) < 4.78 is 7.63. The van der Waals surface area contributed by atoms with Crippen LogP contribution in [-0.4, -0.2) is 44.2 Å². The Morgan fingerprint density at radius 2 is 2.12 bits per heavy atom. The molecule has 1 unspecified atom stereocenters. The Hall–Kier alpha value is -2.31. The number of amides is 1. The van der Waals surface area contributed by atoms with E-state index in [2.05, 4.69) is 20.7 Å². The van der Waals surface area contributed by atoms with Gasteiger partial charge in [-0.3, -0.25) is 0 Å². The molecule has 24 heavy (non-hydrogen) atoms. The van der Waals surface area contributed by atoms with Crippen LogP contribution in [-0.2, 0) is 4.74 Å². The van der Waals surface area contributed by atoms with Crippen LogP contribution in [0.25, 0.3) is 11.0 Å². The molecule has 3 rings (SSSR count). The number of carbonyl (C=O) groups excluding carboxylic acids is 1. The summed E-state index contributed by atoms with van der Waals surface area (Å²) in [4.78, 5) is 22.6. The van der Waals surface area contributed by atoms with Crippen molar-refractivity contribution in [2.45, 2.75) is 52.2 Å². The van der Waals surface area contributed by atoms with E-state index in [4.69, 9.17) is 10.5 Å². The molecule has 7 nitrogen and oxygen atoms in total. The number of rotatable bonds is 1. The number of nitrogens with zero attached hydrogens (tertiary/aromatic N) is 4. The fraction of sp³-hybridized carbons (Fsp3) is 0.588. The quantitative estimate of drug-likeness (QED) is 0.868. The van der Waals surface area contributed by atoms with Crippen LogP contribution in [0, 0.1) is 6.92 Å². The molecule has 7 heteroatoms. The van der Waals surface area contributed by atoms with Gasteiger partial charge in [0.1, 0.15) is 23.4 Å². The SMILES string of the molecule is Cc1cn(C2CCCN(C(=O)OC(C)(C)C)C2)c2ncnc(N)c12. The molecule has 0 bridgehead atoms. The lowest BCUT2D eigenvalue weighted by Crippen LogP contribution is -2.43. The molecule has 1 aliphatic heterocycles. The highest BCUT2D eigenvalue weighted by Gasteiger charge is 2.29. The first-order valence-corrected chi connectivity index (χ1v) is 8.32. The van der Waals surface area contributed by atoms with Gasteiger partial charge in [-0.05, 0) is 46.1 Å². The van der Waals surface area contributed by atoms with Gasteiger partial charge in [-0.15, -0.1) is 0 Å². The molecular formula is C17H25N5O2. The van der Waals surface area contributed by atoms with Crippen LogP contribution in [0.3, 0.4) is 0 Å². The number of aromatic nitrogens is 3. The van der Waals surface area contributed by atoms with Crippen molar-refractivity contribution < 1.29 is 9.53 Å². The molecular weight excluding hydrogens is 306 g/mol. The van der Waals surface area contributed by atoms with Gasteiger partial charge in [0, 0.05) is 19.3 Å². The lowest BCUT2D eigenvalue weighted by molar-refractivity contribution is 0.0174. The molecule has 130 valence electrons. The van der Waals surface area contributed by atoms with Crippen molar-refractivity contribution in [3.8, 4) is 0 Å². The van der Waals surface area contributed by atoms with Crippen molar-refractivity contribution in [2.75, 3.05) is 18.8 Å². The lowest BCUT2D eigenvalue weighted by atomic mass is 10.1. The van der Waals surface area contributed by atoms with Gasteiger partial charge in [0.25, 0.3) is 0 Å². The van der Waals surface area contributed by atoms with Gasteiger partial charge in [0.05, 0.1) is 11.4 Å². The van der Waals surface area contributed by atoms with E-state index in [-0.39, 0.29) is 12.1 Å². The first kappa shape index (κ1) is 16.5. The Balaban J connectivity index is 1.86. The summed E-state index contributed by atoms with van der Waals surface area (Å²) in [6.45, 7) is 8.99. The molecule has 0 spiro atoms. The van der Waals surface area contributed by atoms with Crippen LogP contribution in [0.2, 0.25) is 0 Å². The number of piperidine rings is 1. The average Bonchev–Trinajstić information content (AvgIpc) is 2.84. The number of carbonyl (C=O) groups is 1. The van der Waals surface area contributed by atoms with E-state index < -0.39 is 5.60 Å². The smallest absolute Gasteiger partial charge is 0.410 e. The summed E-state index contributed by atoms with van der Waals surface area (Å²) >= 11 is 0. The average molecular weight is 331 g/mol. The van der Waals surface area contributed by atoms with Gasteiger partial charge in [0.2, 0.25) is 0 Å². The Morgan fingerprint density at radius 3 is 2.83 bits per heavy atom. The zero-order valence-corrected chi connectivity index (χ0v) is 14.7. The number of hydrogen-bond donors (Lipinski definition) is 1. The number of aryl methyl sites for hydroxylation is 1. The Bertz CT molecular complexity index is 762. The minimum absolute atomic E-state index is 0.164. The summed E-state index contributed by atoms with van der Waals surface area (Å²) in [5, 5.41) is 0.895. The zero-order valence-electron chi connectivity index (χ0n) is 14.7. The molecule has 1 atom stereocenters. The predicted molar refractivity (Wildman–Crippen MR) is 92.8 cm³/mol. The van der Waals surface area contributed by atoms with E-state index >= 15 is 0 Å². The Morgan fingerprint density at radius 1 is 1.38 bits per heavy atom. The highest BCUT2D eigenvalue weighted by atomic mass is 16.6. The van der Waals surface area contributed by atoms with E-state index in [1.807, 2.05) is 27.7 Å². The highest BCUT2D eigenvalue weighted by Crippen LogP contribution is 2.30. The fourth-order valence-electron chi connectivity index (χ4n) is 3.25. The number of nitrogen functional groups attached to an aromatic ring is 1. The molecule has 1 amide bonds. The summed E-state index contributed by atoms with van der Waals surface area (Å²) in [6, 6.07) is 0.164. The third kappa shape index (κ3) is 3.16. The number of hydrogen-bond acceptors (Lipinski definition) is 5. The molecule has 1 fully saturated rings. The number of anilines is 1. The van der Waals surface area contributed by atoms with Crippen molar-refractivity contribution >= 4 is 22.9 Å². The number of fused-ring (bicyclic) bond motifs is 1. The monoisotopic (exact) mass is 331 g/mol. The maximum absolute atomic E-state index is 12.4. The van der Waals surface area contributed by atoms with E-state index in [0.717, 1.165) is 36.0 Å². The van der Waals surface area contributed by atoms with Crippen molar-refractivity contribution in [1.29, 1.82) is 0 Å². The zero-order chi connectivity index (χ0) is 17.5. The second-order valence-electron chi connectivity index (χ2n) is 7.40. The molecule has 3 heterocycles. The number of likely N-dealkylation sites (tertiary alicyclic amines) is 1. The van der Waals surface area contributed by atoms with Crippen molar-refractivity contribution in [1.82, 2.24) is 19.4 Å². The molecule has 1 saturated heterocycles. The van der Waals surface area contributed by atoms with E-state index in [0.29, 0.717) is 12.4 Å². The molecule has 1 aliphatic rings. The molecule has 2 aromatic heterocycles.